The zero-order chi connectivity index (χ0) is 16.5. The lowest BCUT2D eigenvalue weighted by atomic mass is 10.1. The number of nitrogens with zero attached hydrogens (tertiary/aromatic N) is 4. The fourth-order valence-electron chi connectivity index (χ4n) is 2.44. The van der Waals surface area contributed by atoms with Crippen LogP contribution in [0.3, 0.4) is 0 Å². The van der Waals surface area contributed by atoms with Gasteiger partial charge in [0.15, 0.2) is 11.2 Å². The van der Waals surface area contributed by atoms with Gasteiger partial charge in [-0.15, -0.1) is 0 Å². The minimum Gasteiger partial charge on any atom is -0.345 e. The normalized spacial score (nSPS) is 10.9. The molecule has 0 saturated carbocycles. The lowest BCUT2D eigenvalue weighted by Gasteiger charge is -2.10. The second-order valence-corrected chi connectivity index (χ2v) is 5.46. The Bertz CT molecular complexity index is 1090. The van der Waals surface area contributed by atoms with Gasteiger partial charge in [-0.1, -0.05) is 11.6 Å². The summed E-state index contributed by atoms with van der Waals surface area (Å²) in [5, 5.41) is 0.434. The maximum absolute atomic E-state index is 12.1. The van der Waals surface area contributed by atoms with E-state index in [4.69, 9.17) is 11.6 Å². The maximum Gasteiger partial charge on any atom is 0.209 e. The Labute approximate surface area is 141 Å². The van der Waals surface area contributed by atoms with Crippen LogP contribution >= 0.6 is 11.6 Å². The van der Waals surface area contributed by atoms with E-state index < -0.39 is 0 Å². The second-order valence-electron chi connectivity index (χ2n) is 5.06. The molecule has 0 aliphatic heterocycles. The first-order valence-corrected chi connectivity index (χ1v) is 7.51. The molecule has 0 saturated heterocycles. The van der Waals surface area contributed by atoms with Gasteiger partial charge in [0.1, 0.15) is 5.69 Å². The topological polar surface area (TPSA) is 84.4 Å². The van der Waals surface area contributed by atoms with Gasteiger partial charge in [-0.05, 0) is 18.2 Å². The van der Waals surface area contributed by atoms with Crippen LogP contribution in [0, 0.1) is 0 Å². The van der Waals surface area contributed by atoms with Gasteiger partial charge < -0.3 is 4.98 Å². The van der Waals surface area contributed by atoms with Crippen LogP contribution < -0.4 is 5.43 Å². The van der Waals surface area contributed by atoms with E-state index in [1.165, 1.54) is 12.3 Å². The van der Waals surface area contributed by atoms with E-state index in [2.05, 4.69) is 24.9 Å². The highest BCUT2D eigenvalue weighted by Gasteiger charge is 2.16. The van der Waals surface area contributed by atoms with Crippen molar-refractivity contribution in [2.45, 2.75) is 0 Å². The van der Waals surface area contributed by atoms with Crippen LogP contribution in [0.4, 0.5) is 0 Å². The lowest BCUT2D eigenvalue weighted by Crippen LogP contribution is -2.07. The van der Waals surface area contributed by atoms with Gasteiger partial charge in [0, 0.05) is 48.2 Å². The Morgan fingerprint density at radius 1 is 0.958 bits per heavy atom. The quantitative estimate of drug-likeness (QED) is 0.608. The molecular weight excluding hydrogens is 326 g/mol. The van der Waals surface area contributed by atoms with Gasteiger partial charge in [0.25, 0.3) is 0 Å². The summed E-state index contributed by atoms with van der Waals surface area (Å²) in [7, 11) is 0. The number of aromatic amines is 1. The number of halogens is 1. The molecule has 0 fully saturated rings. The highest BCUT2D eigenvalue weighted by molar-refractivity contribution is 6.33. The van der Waals surface area contributed by atoms with Gasteiger partial charge in [0.05, 0.1) is 10.7 Å². The van der Waals surface area contributed by atoms with Gasteiger partial charge in [-0.25, -0.2) is 9.97 Å². The molecule has 24 heavy (non-hydrogen) atoms. The number of hydrogen-bond acceptors (Lipinski definition) is 5. The van der Waals surface area contributed by atoms with Gasteiger partial charge >= 0.3 is 0 Å². The van der Waals surface area contributed by atoms with E-state index in [0.29, 0.717) is 27.6 Å². The molecular formula is C17H10ClN5O. The van der Waals surface area contributed by atoms with Crippen molar-refractivity contribution in [1.82, 2.24) is 24.9 Å². The molecule has 6 nitrogen and oxygen atoms in total. The van der Waals surface area contributed by atoms with Crippen molar-refractivity contribution < 1.29 is 0 Å². The average Bonchev–Trinajstić information content (AvgIpc) is 2.62. The molecule has 0 radical (unpaired) electrons. The number of pyridine rings is 3. The van der Waals surface area contributed by atoms with E-state index in [1.807, 2.05) is 12.1 Å². The van der Waals surface area contributed by atoms with E-state index in [9.17, 15) is 4.79 Å². The van der Waals surface area contributed by atoms with Crippen molar-refractivity contribution in [2.24, 2.45) is 0 Å². The van der Waals surface area contributed by atoms with Crippen LogP contribution in [0.5, 0.6) is 0 Å². The Morgan fingerprint density at radius 2 is 1.83 bits per heavy atom. The summed E-state index contributed by atoms with van der Waals surface area (Å²) in [6, 6.07) is 6.85. The Balaban J connectivity index is 2.11. The van der Waals surface area contributed by atoms with Crippen LogP contribution in [0.25, 0.3) is 33.7 Å². The number of fused-ring (bicyclic) bond motifs is 1. The molecule has 0 aliphatic rings. The SMILES string of the molecule is O=c1cc[nH]c2nc(-c3cccnc3)c(-c3ccncc3Cl)nc12. The Morgan fingerprint density at radius 3 is 2.62 bits per heavy atom. The third kappa shape index (κ3) is 2.43. The first kappa shape index (κ1) is 14.5. The molecule has 4 aromatic rings. The standard InChI is InChI=1S/C17H10ClN5O/c18-12-9-20-6-3-11(12)15-14(10-2-1-5-19-8-10)23-17-16(22-15)13(24)4-7-21-17/h1-9H,(H,21,23,24). The smallest absolute Gasteiger partial charge is 0.209 e. The second kappa shape index (κ2) is 5.82. The molecule has 1 N–H and O–H groups in total. The van der Waals surface area contributed by atoms with Gasteiger partial charge in [0.2, 0.25) is 5.43 Å². The summed E-state index contributed by atoms with van der Waals surface area (Å²) >= 11 is 6.28. The van der Waals surface area contributed by atoms with Gasteiger partial charge in [-0.2, -0.15) is 0 Å². The van der Waals surface area contributed by atoms with Crippen LogP contribution in [0.2, 0.25) is 5.02 Å². The first-order chi connectivity index (χ1) is 11.7. The van der Waals surface area contributed by atoms with Crippen molar-refractivity contribution in [3.63, 3.8) is 0 Å². The number of rotatable bonds is 2. The largest absolute Gasteiger partial charge is 0.345 e. The number of aromatic nitrogens is 5. The number of H-pyrrole nitrogens is 1. The summed E-state index contributed by atoms with van der Waals surface area (Å²) in [6.07, 6.45) is 8.07. The van der Waals surface area contributed by atoms with E-state index in [0.717, 1.165) is 5.56 Å². The number of nitrogens with one attached hydrogen (secondary N) is 1. The van der Waals surface area contributed by atoms with Crippen molar-refractivity contribution >= 4 is 22.8 Å². The predicted molar refractivity (Wildman–Crippen MR) is 91.6 cm³/mol. The number of hydrogen-bond donors (Lipinski definition) is 1. The molecule has 0 bridgehead atoms. The molecule has 4 aromatic heterocycles. The zero-order valence-corrected chi connectivity index (χ0v) is 13.0. The summed E-state index contributed by atoms with van der Waals surface area (Å²) in [5.41, 5.74) is 3.00. The van der Waals surface area contributed by atoms with Crippen LogP contribution in [0.1, 0.15) is 0 Å². The van der Waals surface area contributed by atoms with Gasteiger partial charge in [-0.3, -0.25) is 14.8 Å². The molecule has 0 atom stereocenters. The van der Waals surface area contributed by atoms with Crippen LogP contribution in [0.15, 0.2) is 60.0 Å². The maximum atomic E-state index is 12.1. The molecule has 4 heterocycles. The minimum absolute atomic E-state index is 0.208. The Kier molecular flexibility index (Phi) is 3.51. The highest BCUT2D eigenvalue weighted by atomic mass is 35.5. The molecule has 0 aliphatic carbocycles. The van der Waals surface area contributed by atoms with Crippen molar-refractivity contribution in [1.29, 1.82) is 0 Å². The predicted octanol–water partition coefficient (Wildman–Crippen LogP) is 3.10. The minimum atomic E-state index is -0.208. The van der Waals surface area contributed by atoms with Crippen molar-refractivity contribution in [2.75, 3.05) is 0 Å². The lowest BCUT2D eigenvalue weighted by molar-refractivity contribution is 1.20. The zero-order valence-electron chi connectivity index (χ0n) is 12.3. The van der Waals surface area contributed by atoms with E-state index >= 15 is 0 Å². The molecule has 0 amide bonds. The van der Waals surface area contributed by atoms with E-state index in [-0.39, 0.29) is 10.9 Å². The summed E-state index contributed by atoms with van der Waals surface area (Å²) < 4.78 is 0. The fourth-order valence-corrected chi connectivity index (χ4v) is 2.65. The Hall–Kier alpha value is -3.12. The summed E-state index contributed by atoms with van der Waals surface area (Å²) in [5.74, 6) is 0. The summed E-state index contributed by atoms with van der Waals surface area (Å²) in [4.78, 5) is 32.3. The molecule has 116 valence electrons. The fraction of sp³-hybridized carbons (Fsp3) is 0. The summed E-state index contributed by atoms with van der Waals surface area (Å²) in [6.45, 7) is 0. The third-order valence-electron chi connectivity index (χ3n) is 3.55. The van der Waals surface area contributed by atoms with Crippen molar-refractivity contribution in [3.8, 4) is 22.5 Å². The third-order valence-corrected chi connectivity index (χ3v) is 3.85. The van der Waals surface area contributed by atoms with E-state index in [1.54, 1.807) is 30.9 Å². The molecule has 0 spiro atoms. The molecule has 4 rings (SSSR count). The van der Waals surface area contributed by atoms with Crippen molar-refractivity contribution in [3.05, 3.63) is 70.5 Å². The molecule has 0 unspecified atom stereocenters. The van der Waals surface area contributed by atoms with Crippen LogP contribution in [-0.2, 0) is 0 Å². The first-order valence-electron chi connectivity index (χ1n) is 7.14. The van der Waals surface area contributed by atoms with Crippen LogP contribution in [-0.4, -0.2) is 24.9 Å². The molecule has 0 aromatic carbocycles. The highest BCUT2D eigenvalue weighted by Crippen LogP contribution is 2.33. The molecule has 7 heteroatoms. The monoisotopic (exact) mass is 335 g/mol. The average molecular weight is 336 g/mol.